The van der Waals surface area contributed by atoms with Crippen LogP contribution in [0.15, 0.2) is 21.0 Å². The fourth-order valence-electron chi connectivity index (χ4n) is 1.38. The highest BCUT2D eigenvalue weighted by atomic mass is 35.5. The molecule has 0 spiro atoms. The van der Waals surface area contributed by atoms with Crippen molar-refractivity contribution in [3.05, 3.63) is 23.2 Å². The molecular formula is C11H14ClN3O2. The van der Waals surface area contributed by atoms with E-state index < -0.39 is 0 Å². The summed E-state index contributed by atoms with van der Waals surface area (Å²) in [4.78, 5) is 0. The Morgan fingerprint density at radius 1 is 1.24 bits per heavy atom. The second-order valence-electron chi connectivity index (χ2n) is 3.60. The molecule has 6 heteroatoms. The van der Waals surface area contributed by atoms with Gasteiger partial charge in [0.1, 0.15) is 0 Å². The number of hydrogen-bond donors (Lipinski definition) is 1. The van der Waals surface area contributed by atoms with Crippen molar-refractivity contribution in [3.8, 4) is 11.7 Å². The summed E-state index contributed by atoms with van der Waals surface area (Å²) >= 11 is 5.67. The molecule has 0 aromatic carbocycles. The third-order valence-corrected chi connectivity index (χ3v) is 2.40. The van der Waals surface area contributed by atoms with Crippen LogP contribution in [0, 0.1) is 0 Å². The maximum absolute atomic E-state index is 5.67. The van der Waals surface area contributed by atoms with Crippen LogP contribution in [-0.2, 0) is 6.42 Å². The molecule has 1 N–H and O–H groups in total. The maximum Gasteiger partial charge on any atom is 0.283 e. The summed E-state index contributed by atoms with van der Waals surface area (Å²) in [6.45, 7) is 3.95. The molecule has 2 rings (SSSR count). The molecule has 0 unspecified atom stereocenters. The van der Waals surface area contributed by atoms with Gasteiger partial charge in [0.15, 0.2) is 11.0 Å². The van der Waals surface area contributed by atoms with Crippen LogP contribution >= 0.6 is 11.6 Å². The smallest absolute Gasteiger partial charge is 0.283 e. The first-order chi connectivity index (χ1) is 8.29. The van der Waals surface area contributed by atoms with Gasteiger partial charge in [-0.05, 0) is 36.7 Å². The van der Waals surface area contributed by atoms with Crippen LogP contribution in [0.2, 0.25) is 5.22 Å². The zero-order valence-corrected chi connectivity index (χ0v) is 10.3. The molecule has 0 aliphatic carbocycles. The van der Waals surface area contributed by atoms with E-state index in [1.807, 2.05) is 0 Å². The number of rotatable bonds is 6. The van der Waals surface area contributed by atoms with Crippen LogP contribution in [0.1, 0.15) is 19.2 Å². The molecule has 0 saturated heterocycles. The normalized spacial score (nSPS) is 10.9. The van der Waals surface area contributed by atoms with E-state index in [1.165, 1.54) is 0 Å². The van der Waals surface area contributed by atoms with Crippen LogP contribution in [0.3, 0.4) is 0 Å². The molecular weight excluding hydrogens is 242 g/mol. The predicted molar refractivity (Wildman–Crippen MR) is 63.9 cm³/mol. The van der Waals surface area contributed by atoms with Gasteiger partial charge in [0, 0.05) is 13.0 Å². The number of aromatic nitrogens is 2. The Hall–Kier alpha value is -1.33. The highest BCUT2D eigenvalue weighted by Gasteiger charge is 2.11. The van der Waals surface area contributed by atoms with E-state index >= 15 is 0 Å². The van der Waals surface area contributed by atoms with E-state index in [2.05, 4.69) is 22.4 Å². The molecule has 0 atom stereocenters. The third kappa shape index (κ3) is 3.31. The molecule has 92 valence electrons. The van der Waals surface area contributed by atoms with Gasteiger partial charge in [-0.1, -0.05) is 6.92 Å². The molecule has 0 fully saturated rings. The van der Waals surface area contributed by atoms with Crippen LogP contribution in [0.25, 0.3) is 11.7 Å². The minimum Gasteiger partial charge on any atom is -0.440 e. The molecule has 0 amide bonds. The topological polar surface area (TPSA) is 64.1 Å². The second-order valence-corrected chi connectivity index (χ2v) is 3.98. The van der Waals surface area contributed by atoms with Gasteiger partial charge >= 0.3 is 0 Å². The van der Waals surface area contributed by atoms with Crippen molar-refractivity contribution in [2.75, 3.05) is 13.1 Å². The summed E-state index contributed by atoms with van der Waals surface area (Å²) in [5.74, 6) is 1.45. The summed E-state index contributed by atoms with van der Waals surface area (Å²) in [5, 5.41) is 11.4. The lowest BCUT2D eigenvalue weighted by molar-refractivity contribution is 0.473. The monoisotopic (exact) mass is 255 g/mol. The fraction of sp³-hybridized carbons (Fsp3) is 0.455. The van der Waals surface area contributed by atoms with Crippen molar-refractivity contribution in [2.24, 2.45) is 0 Å². The van der Waals surface area contributed by atoms with Crippen molar-refractivity contribution in [2.45, 2.75) is 19.8 Å². The SMILES string of the molecule is CCCNCCc1nnc(-c2ccc(Cl)o2)o1. The Labute approximate surface area is 104 Å². The summed E-state index contributed by atoms with van der Waals surface area (Å²) in [6.07, 6.45) is 1.82. The van der Waals surface area contributed by atoms with Crippen molar-refractivity contribution in [1.29, 1.82) is 0 Å². The Bertz CT molecular complexity index is 467. The van der Waals surface area contributed by atoms with Crippen molar-refractivity contribution < 1.29 is 8.83 Å². The summed E-state index contributed by atoms with van der Waals surface area (Å²) < 4.78 is 10.6. The largest absolute Gasteiger partial charge is 0.440 e. The lowest BCUT2D eigenvalue weighted by Crippen LogP contribution is -2.17. The first-order valence-corrected chi connectivity index (χ1v) is 5.96. The molecule has 0 bridgehead atoms. The molecule has 2 aromatic heterocycles. The minimum atomic E-state index is 0.310. The summed E-state index contributed by atoms with van der Waals surface area (Å²) in [7, 11) is 0. The molecule has 0 radical (unpaired) electrons. The average molecular weight is 256 g/mol. The van der Waals surface area contributed by atoms with Crippen LogP contribution in [0.4, 0.5) is 0 Å². The van der Waals surface area contributed by atoms with Gasteiger partial charge < -0.3 is 14.2 Å². The van der Waals surface area contributed by atoms with Gasteiger partial charge in [-0.2, -0.15) is 0 Å². The van der Waals surface area contributed by atoms with Crippen molar-refractivity contribution >= 4 is 11.6 Å². The molecule has 2 aromatic rings. The van der Waals surface area contributed by atoms with Gasteiger partial charge in [-0.3, -0.25) is 0 Å². The van der Waals surface area contributed by atoms with Crippen LogP contribution < -0.4 is 5.32 Å². The second kappa shape index (κ2) is 5.84. The third-order valence-electron chi connectivity index (χ3n) is 2.19. The fourth-order valence-corrected chi connectivity index (χ4v) is 1.53. The summed E-state index contributed by atoms with van der Waals surface area (Å²) in [6, 6.07) is 3.35. The van der Waals surface area contributed by atoms with Gasteiger partial charge in [0.05, 0.1) is 0 Å². The number of nitrogens with one attached hydrogen (secondary N) is 1. The molecule has 0 saturated carbocycles. The van der Waals surface area contributed by atoms with E-state index in [-0.39, 0.29) is 0 Å². The molecule has 17 heavy (non-hydrogen) atoms. The predicted octanol–water partition coefficient (Wildman–Crippen LogP) is 2.53. The Morgan fingerprint density at radius 3 is 2.82 bits per heavy atom. The van der Waals surface area contributed by atoms with E-state index in [0.717, 1.165) is 19.5 Å². The van der Waals surface area contributed by atoms with E-state index in [0.29, 0.717) is 29.2 Å². The lowest BCUT2D eigenvalue weighted by Gasteiger charge is -1.98. The lowest BCUT2D eigenvalue weighted by atomic mass is 10.4. The van der Waals surface area contributed by atoms with Gasteiger partial charge in [-0.25, -0.2) is 0 Å². The highest BCUT2D eigenvalue weighted by molar-refractivity contribution is 6.28. The quantitative estimate of drug-likeness (QED) is 0.804. The minimum absolute atomic E-state index is 0.310. The number of nitrogens with zero attached hydrogens (tertiary/aromatic N) is 2. The van der Waals surface area contributed by atoms with E-state index in [4.69, 9.17) is 20.4 Å². The standard InChI is InChI=1S/C11H14ClN3O2/c1-2-6-13-7-5-10-14-15-11(17-10)8-3-4-9(12)16-8/h3-4,13H,2,5-7H2,1H3. The van der Waals surface area contributed by atoms with Crippen molar-refractivity contribution in [3.63, 3.8) is 0 Å². The van der Waals surface area contributed by atoms with Gasteiger partial charge in [0.2, 0.25) is 5.89 Å². The molecule has 2 heterocycles. The zero-order chi connectivity index (χ0) is 12.1. The Balaban J connectivity index is 1.92. The first-order valence-electron chi connectivity index (χ1n) is 5.58. The molecule has 5 nitrogen and oxygen atoms in total. The highest BCUT2D eigenvalue weighted by Crippen LogP contribution is 2.23. The summed E-state index contributed by atoms with van der Waals surface area (Å²) in [5.41, 5.74) is 0. The maximum atomic E-state index is 5.67. The van der Waals surface area contributed by atoms with Crippen molar-refractivity contribution in [1.82, 2.24) is 15.5 Å². The number of halogens is 1. The zero-order valence-electron chi connectivity index (χ0n) is 9.57. The Morgan fingerprint density at radius 2 is 2.12 bits per heavy atom. The molecule has 0 aliphatic heterocycles. The number of furan rings is 1. The molecule has 0 aliphatic rings. The van der Waals surface area contributed by atoms with Gasteiger partial charge in [0.25, 0.3) is 5.89 Å². The van der Waals surface area contributed by atoms with E-state index in [9.17, 15) is 0 Å². The Kier molecular flexibility index (Phi) is 4.17. The van der Waals surface area contributed by atoms with E-state index in [1.54, 1.807) is 12.1 Å². The number of hydrogen-bond acceptors (Lipinski definition) is 5. The van der Waals surface area contributed by atoms with Gasteiger partial charge in [-0.15, -0.1) is 10.2 Å². The van der Waals surface area contributed by atoms with Crippen LogP contribution in [-0.4, -0.2) is 23.3 Å². The first kappa shape index (κ1) is 12.1. The van der Waals surface area contributed by atoms with Crippen LogP contribution in [0.5, 0.6) is 0 Å². The average Bonchev–Trinajstić information content (AvgIpc) is 2.93.